The molecule has 1 nitrogen and oxygen atoms in total. The average Bonchev–Trinajstić information content (AvgIpc) is 2.69. The molecule has 0 bridgehead atoms. The molecule has 0 saturated heterocycles. The van der Waals surface area contributed by atoms with E-state index in [1.165, 1.54) is 11.3 Å². The number of hydrogen-bond acceptors (Lipinski definition) is 2. The number of alkyl halides is 1. The molecule has 0 amide bonds. The summed E-state index contributed by atoms with van der Waals surface area (Å²) >= 11 is 7.53. The highest BCUT2D eigenvalue weighted by Gasteiger charge is 2.04. The third-order valence-electron chi connectivity index (χ3n) is 2.41. The Hall–Kier alpha value is -0.0500. The monoisotopic (exact) mass is 231 g/mol. The first-order valence-corrected chi connectivity index (χ1v) is 6.57. The minimum atomic E-state index is 0.729. The fourth-order valence-electron chi connectivity index (χ4n) is 1.42. The van der Waals surface area contributed by atoms with Gasteiger partial charge in [0.15, 0.2) is 0 Å². The summed E-state index contributed by atoms with van der Waals surface area (Å²) in [5, 5.41) is 5.59. The lowest BCUT2D eigenvalue weighted by Crippen LogP contribution is -2.22. The Morgan fingerprint density at radius 3 is 3.00 bits per heavy atom. The predicted molar refractivity (Wildman–Crippen MR) is 65.1 cm³/mol. The van der Waals surface area contributed by atoms with Crippen LogP contribution in [0.4, 0.5) is 0 Å². The van der Waals surface area contributed by atoms with Gasteiger partial charge in [0.05, 0.1) is 0 Å². The topological polar surface area (TPSA) is 12.0 Å². The smallest absolute Gasteiger partial charge is 0.0299 e. The molecule has 0 radical (unpaired) electrons. The molecule has 0 saturated carbocycles. The van der Waals surface area contributed by atoms with Gasteiger partial charge in [0.25, 0.3) is 0 Å². The molecule has 0 spiro atoms. The third-order valence-corrected chi connectivity index (χ3v) is 3.50. The van der Waals surface area contributed by atoms with Crippen molar-refractivity contribution < 1.29 is 0 Å². The Balaban J connectivity index is 2.13. The Morgan fingerprint density at radius 1 is 1.57 bits per heavy atom. The van der Waals surface area contributed by atoms with Crippen molar-refractivity contribution in [3.8, 4) is 0 Å². The molecule has 0 fully saturated rings. The number of nitrogens with one attached hydrogen (secondary N) is 1. The van der Waals surface area contributed by atoms with Crippen LogP contribution in [-0.4, -0.2) is 12.4 Å². The second kappa shape index (κ2) is 7.27. The zero-order chi connectivity index (χ0) is 10.2. The van der Waals surface area contributed by atoms with E-state index >= 15 is 0 Å². The molecule has 0 aliphatic rings. The highest BCUT2D eigenvalue weighted by Crippen LogP contribution is 2.10. The van der Waals surface area contributed by atoms with Crippen LogP contribution in [0.15, 0.2) is 17.5 Å². The highest BCUT2D eigenvalue weighted by molar-refractivity contribution is 7.09. The molecule has 0 aliphatic heterocycles. The zero-order valence-corrected chi connectivity index (χ0v) is 10.2. The van der Waals surface area contributed by atoms with E-state index in [1.54, 1.807) is 11.3 Å². The van der Waals surface area contributed by atoms with Gasteiger partial charge in [-0.25, -0.2) is 0 Å². The van der Waals surface area contributed by atoms with Gasteiger partial charge in [-0.3, -0.25) is 0 Å². The first kappa shape index (κ1) is 12.0. The molecule has 1 heterocycles. The van der Waals surface area contributed by atoms with Crippen LogP contribution in [0.5, 0.6) is 0 Å². The van der Waals surface area contributed by atoms with Crippen LogP contribution in [0.3, 0.4) is 0 Å². The van der Waals surface area contributed by atoms with E-state index < -0.39 is 0 Å². The third kappa shape index (κ3) is 4.45. The summed E-state index contributed by atoms with van der Waals surface area (Å²) < 4.78 is 0. The van der Waals surface area contributed by atoms with Gasteiger partial charge in [-0.1, -0.05) is 19.4 Å². The predicted octanol–water partition coefficient (Wildman–Crippen LogP) is 3.49. The maximum Gasteiger partial charge on any atom is 0.0299 e. The molecule has 80 valence electrons. The number of hydrogen-bond donors (Lipinski definition) is 1. The number of rotatable bonds is 7. The van der Waals surface area contributed by atoms with Gasteiger partial charge in [-0.05, 0) is 30.3 Å². The minimum absolute atomic E-state index is 0.729. The second-order valence-corrected chi connectivity index (χ2v) is 4.87. The minimum Gasteiger partial charge on any atom is -0.312 e. The van der Waals surface area contributed by atoms with Crippen molar-refractivity contribution in [3.05, 3.63) is 22.4 Å². The van der Waals surface area contributed by atoms with E-state index in [2.05, 4.69) is 29.8 Å². The molecule has 1 rings (SSSR count). The quantitative estimate of drug-likeness (QED) is 0.709. The van der Waals surface area contributed by atoms with Crippen LogP contribution >= 0.6 is 22.9 Å². The van der Waals surface area contributed by atoms with E-state index in [0.717, 1.165) is 31.3 Å². The van der Waals surface area contributed by atoms with E-state index in [0.29, 0.717) is 0 Å². The fraction of sp³-hybridized carbons (Fsp3) is 0.636. The van der Waals surface area contributed by atoms with Gasteiger partial charge in [0, 0.05) is 17.3 Å². The van der Waals surface area contributed by atoms with Gasteiger partial charge in [0.2, 0.25) is 0 Å². The SMILES string of the molecule is CCC(CCCl)CNCc1cccs1. The van der Waals surface area contributed by atoms with Gasteiger partial charge < -0.3 is 5.32 Å². The lowest BCUT2D eigenvalue weighted by atomic mass is 10.0. The number of halogens is 1. The maximum absolute atomic E-state index is 5.73. The largest absolute Gasteiger partial charge is 0.312 e. The lowest BCUT2D eigenvalue weighted by Gasteiger charge is -2.13. The number of thiophene rings is 1. The van der Waals surface area contributed by atoms with Crippen molar-refractivity contribution in [1.29, 1.82) is 0 Å². The van der Waals surface area contributed by atoms with Crippen molar-refractivity contribution >= 4 is 22.9 Å². The molecule has 1 aromatic rings. The summed E-state index contributed by atoms with van der Waals surface area (Å²) in [5.41, 5.74) is 0. The second-order valence-electron chi connectivity index (χ2n) is 3.46. The van der Waals surface area contributed by atoms with E-state index in [9.17, 15) is 0 Å². The summed E-state index contributed by atoms with van der Waals surface area (Å²) in [6.45, 7) is 4.31. The van der Waals surface area contributed by atoms with Gasteiger partial charge in [-0.15, -0.1) is 22.9 Å². The standard InChI is InChI=1S/C11H18ClNS/c1-2-10(5-6-12)8-13-9-11-4-3-7-14-11/h3-4,7,10,13H,2,5-6,8-9H2,1H3. The molecule has 3 heteroatoms. The summed E-state index contributed by atoms with van der Waals surface area (Å²) in [4.78, 5) is 1.41. The first-order valence-electron chi connectivity index (χ1n) is 5.15. The Bertz CT molecular complexity index is 223. The Kier molecular flexibility index (Phi) is 6.24. The molecular weight excluding hydrogens is 214 g/mol. The molecule has 1 atom stereocenters. The molecule has 14 heavy (non-hydrogen) atoms. The van der Waals surface area contributed by atoms with Gasteiger partial charge >= 0.3 is 0 Å². The molecule has 1 N–H and O–H groups in total. The molecule has 1 aromatic heterocycles. The van der Waals surface area contributed by atoms with Crippen LogP contribution in [-0.2, 0) is 6.54 Å². The van der Waals surface area contributed by atoms with E-state index in [-0.39, 0.29) is 0 Å². The van der Waals surface area contributed by atoms with Crippen molar-refractivity contribution in [2.45, 2.75) is 26.3 Å². The molecule has 1 unspecified atom stereocenters. The summed E-state index contributed by atoms with van der Waals surface area (Å²) in [5.74, 6) is 1.51. The summed E-state index contributed by atoms with van der Waals surface area (Å²) in [6.07, 6.45) is 2.33. The lowest BCUT2D eigenvalue weighted by molar-refractivity contribution is 0.452. The molecular formula is C11H18ClNS. The van der Waals surface area contributed by atoms with E-state index in [4.69, 9.17) is 11.6 Å². The van der Waals surface area contributed by atoms with Crippen LogP contribution < -0.4 is 5.32 Å². The van der Waals surface area contributed by atoms with Crippen molar-refractivity contribution in [2.24, 2.45) is 5.92 Å². The fourth-order valence-corrected chi connectivity index (χ4v) is 2.40. The van der Waals surface area contributed by atoms with E-state index in [1.807, 2.05) is 0 Å². The average molecular weight is 232 g/mol. The van der Waals surface area contributed by atoms with Crippen LogP contribution in [0.2, 0.25) is 0 Å². The molecule has 0 aliphatic carbocycles. The highest BCUT2D eigenvalue weighted by atomic mass is 35.5. The van der Waals surface area contributed by atoms with Crippen LogP contribution in [0.25, 0.3) is 0 Å². The normalized spacial score (nSPS) is 13.0. The van der Waals surface area contributed by atoms with Crippen molar-refractivity contribution in [1.82, 2.24) is 5.32 Å². The van der Waals surface area contributed by atoms with Crippen molar-refractivity contribution in [3.63, 3.8) is 0 Å². The maximum atomic E-state index is 5.73. The Morgan fingerprint density at radius 2 is 2.43 bits per heavy atom. The summed E-state index contributed by atoms with van der Waals surface area (Å²) in [7, 11) is 0. The zero-order valence-electron chi connectivity index (χ0n) is 8.63. The van der Waals surface area contributed by atoms with Gasteiger partial charge in [-0.2, -0.15) is 0 Å². The van der Waals surface area contributed by atoms with Gasteiger partial charge in [0.1, 0.15) is 0 Å². The first-order chi connectivity index (χ1) is 6.86. The molecule has 0 aromatic carbocycles. The van der Waals surface area contributed by atoms with Crippen LogP contribution in [0, 0.1) is 5.92 Å². The Labute approximate surface area is 95.5 Å². The van der Waals surface area contributed by atoms with Crippen LogP contribution in [0.1, 0.15) is 24.6 Å². The van der Waals surface area contributed by atoms with Crippen molar-refractivity contribution in [2.75, 3.05) is 12.4 Å². The summed E-state index contributed by atoms with van der Waals surface area (Å²) in [6, 6.07) is 4.26.